The molecule has 226 valence electrons. The van der Waals surface area contributed by atoms with E-state index in [2.05, 4.69) is 30.9 Å². The number of aromatic nitrogens is 3. The van der Waals surface area contributed by atoms with Crippen molar-refractivity contribution >= 4 is 40.5 Å². The second-order valence-corrected chi connectivity index (χ2v) is 10.3. The van der Waals surface area contributed by atoms with E-state index in [1.165, 1.54) is 12.5 Å². The highest BCUT2D eigenvalue weighted by Crippen LogP contribution is 2.19. The third-order valence-electron chi connectivity index (χ3n) is 7.15. The Morgan fingerprint density at radius 2 is 1.69 bits per heavy atom. The highest BCUT2D eigenvalue weighted by molar-refractivity contribution is 5.95. The molecule has 0 bridgehead atoms. The molecule has 5 atom stereocenters. The second-order valence-electron chi connectivity index (χ2n) is 10.3. The minimum absolute atomic E-state index is 0.0859. The number of H-pyrrole nitrogens is 2. The summed E-state index contributed by atoms with van der Waals surface area (Å²) in [5.74, 6) is -4.40. The van der Waals surface area contributed by atoms with E-state index >= 15 is 0 Å². The minimum Gasteiger partial charge on any atom is -0.480 e. The number of carboxylic acid groups (broad SMARTS) is 1. The number of benzene rings is 1. The summed E-state index contributed by atoms with van der Waals surface area (Å²) in [7, 11) is 0. The lowest BCUT2D eigenvalue weighted by molar-refractivity contribution is -0.142. The molecule has 1 aromatic carbocycles. The van der Waals surface area contributed by atoms with Crippen LogP contribution in [0.25, 0.3) is 10.9 Å². The zero-order chi connectivity index (χ0) is 30.8. The fraction of sp³-hybridized carbons (Fsp3) is 0.429. The number of aliphatic carboxylic acids is 1. The van der Waals surface area contributed by atoms with Gasteiger partial charge in [-0.05, 0) is 30.4 Å². The van der Waals surface area contributed by atoms with Crippen LogP contribution in [0.3, 0.4) is 0 Å². The van der Waals surface area contributed by atoms with Gasteiger partial charge in [0.2, 0.25) is 23.6 Å². The number of para-hydroxylation sites is 1. The molecule has 0 saturated carbocycles. The van der Waals surface area contributed by atoms with Gasteiger partial charge in [0, 0.05) is 41.8 Å². The average Bonchev–Trinajstić information content (AvgIpc) is 3.62. The molecule has 0 aliphatic rings. The van der Waals surface area contributed by atoms with Gasteiger partial charge < -0.3 is 42.5 Å². The normalized spacial score (nSPS) is 14.7. The first-order valence-corrected chi connectivity index (χ1v) is 13.7. The van der Waals surface area contributed by atoms with Gasteiger partial charge in [-0.25, -0.2) is 9.78 Å². The van der Waals surface area contributed by atoms with Crippen molar-refractivity contribution in [1.82, 2.24) is 30.9 Å². The molecule has 0 aliphatic carbocycles. The maximum Gasteiger partial charge on any atom is 0.326 e. The highest BCUT2D eigenvalue weighted by Gasteiger charge is 2.33. The summed E-state index contributed by atoms with van der Waals surface area (Å²) in [4.78, 5) is 72.7. The monoisotopic (exact) mass is 582 g/mol. The smallest absolute Gasteiger partial charge is 0.326 e. The van der Waals surface area contributed by atoms with Crippen LogP contribution in [0.15, 0.2) is 43.0 Å². The molecule has 2 heterocycles. The van der Waals surface area contributed by atoms with Gasteiger partial charge in [-0.1, -0.05) is 38.5 Å². The van der Waals surface area contributed by atoms with Crippen LogP contribution in [0, 0.1) is 5.92 Å². The van der Waals surface area contributed by atoms with Crippen LogP contribution >= 0.6 is 0 Å². The number of rotatable bonds is 16. The second kappa shape index (κ2) is 14.8. The van der Waals surface area contributed by atoms with Gasteiger partial charge in [0.25, 0.3) is 0 Å². The third-order valence-corrected chi connectivity index (χ3v) is 7.15. The van der Waals surface area contributed by atoms with Crippen LogP contribution in [-0.4, -0.2) is 73.8 Å². The predicted octanol–water partition coefficient (Wildman–Crippen LogP) is -0.146. The summed E-state index contributed by atoms with van der Waals surface area (Å²) >= 11 is 0. The Hall–Kier alpha value is -4.72. The fourth-order valence-electron chi connectivity index (χ4n) is 4.50. The molecule has 0 spiro atoms. The van der Waals surface area contributed by atoms with Crippen molar-refractivity contribution in [2.75, 3.05) is 0 Å². The van der Waals surface area contributed by atoms with E-state index < -0.39 is 53.8 Å². The molecule has 14 heteroatoms. The van der Waals surface area contributed by atoms with Gasteiger partial charge >= 0.3 is 5.97 Å². The lowest BCUT2D eigenvalue weighted by Gasteiger charge is -2.28. The molecule has 0 aliphatic heterocycles. The maximum absolute atomic E-state index is 13.4. The maximum atomic E-state index is 13.4. The topological polar surface area (TPSA) is 238 Å². The molecule has 2 aromatic heterocycles. The van der Waals surface area contributed by atoms with Crippen LogP contribution in [0.2, 0.25) is 0 Å². The number of aromatic amines is 2. The fourth-order valence-corrected chi connectivity index (χ4v) is 4.50. The van der Waals surface area contributed by atoms with Crippen LogP contribution in [0.4, 0.5) is 0 Å². The summed E-state index contributed by atoms with van der Waals surface area (Å²) in [5, 5.41) is 18.2. The number of nitrogens with zero attached hydrogens (tertiary/aromatic N) is 1. The number of nitrogens with one attached hydrogen (secondary N) is 5. The van der Waals surface area contributed by atoms with Crippen LogP contribution in [-0.2, 0) is 36.8 Å². The van der Waals surface area contributed by atoms with Crippen LogP contribution in [0.1, 0.15) is 44.4 Å². The Bertz CT molecular complexity index is 1390. The molecule has 42 heavy (non-hydrogen) atoms. The van der Waals surface area contributed by atoms with Gasteiger partial charge in [-0.15, -0.1) is 0 Å². The van der Waals surface area contributed by atoms with Crippen molar-refractivity contribution in [2.45, 2.75) is 70.1 Å². The number of hydrogen-bond donors (Lipinski definition) is 8. The van der Waals surface area contributed by atoms with Gasteiger partial charge in [-0.3, -0.25) is 19.2 Å². The largest absolute Gasteiger partial charge is 0.480 e. The molecule has 0 saturated heterocycles. The number of fused-ring (bicyclic) bond motifs is 1. The van der Waals surface area contributed by atoms with Crippen molar-refractivity contribution in [2.24, 2.45) is 17.4 Å². The number of carboxylic acids is 1. The van der Waals surface area contributed by atoms with E-state index in [9.17, 15) is 29.1 Å². The molecule has 3 aromatic rings. The Kier molecular flexibility index (Phi) is 11.2. The van der Waals surface area contributed by atoms with Crippen molar-refractivity contribution in [3.05, 3.63) is 54.2 Å². The summed E-state index contributed by atoms with van der Waals surface area (Å²) in [6.07, 6.45) is 4.82. The Morgan fingerprint density at radius 3 is 2.33 bits per heavy atom. The standard InChI is InChI=1S/C28H38N8O6/c1-3-15(2)24(36-25(38)19(29)10-16-12-32-20-7-5-4-6-18(16)20)27(40)34-21(8-9-23(30)37)26(39)35-22(28(41)42)11-17-13-31-14-33-17/h4-7,12-15,19,21-22,24,32H,3,8-11,29H2,1-2H3,(H2,30,37)(H,31,33)(H,34,40)(H,35,39)(H,36,38)(H,41,42). The summed E-state index contributed by atoms with van der Waals surface area (Å²) < 4.78 is 0. The van der Waals surface area contributed by atoms with Gasteiger partial charge in [-0.2, -0.15) is 0 Å². The van der Waals surface area contributed by atoms with E-state index in [-0.39, 0.29) is 31.6 Å². The molecule has 5 unspecified atom stereocenters. The van der Waals surface area contributed by atoms with Gasteiger partial charge in [0.05, 0.1) is 12.4 Å². The van der Waals surface area contributed by atoms with Crippen LogP contribution in [0.5, 0.6) is 0 Å². The van der Waals surface area contributed by atoms with E-state index in [1.54, 1.807) is 13.1 Å². The number of nitrogens with two attached hydrogens (primary N) is 2. The number of hydrogen-bond acceptors (Lipinski definition) is 7. The molecule has 0 radical (unpaired) electrons. The number of carbonyl (C=O) groups is 5. The first-order valence-electron chi connectivity index (χ1n) is 13.7. The Balaban J connectivity index is 1.71. The zero-order valence-electron chi connectivity index (χ0n) is 23.6. The SMILES string of the molecule is CCC(C)C(NC(=O)C(N)Cc1c[nH]c2ccccc12)C(=O)NC(CCC(N)=O)C(=O)NC(Cc1cnc[nH]1)C(=O)O. The van der Waals surface area contributed by atoms with Gasteiger partial charge in [0.15, 0.2) is 0 Å². The van der Waals surface area contributed by atoms with Crippen molar-refractivity contribution in [3.8, 4) is 0 Å². The molecular weight excluding hydrogens is 544 g/mol. The molecular formula is C28H38N8O6. The van der Waals surface area contributed by atoms with Crippen LogP contribution < -0.4 is 27.4 Å². The first-order chi connectivity index (χ1) is 20.0. The Morgan fingerprint density at radius 1 is 0.976 bits per heavy atom. The molecule has 3 rings (SSSR count). The van der Waals surface area contributed by atoms with E-state index in [1.807, 2.05) is 31.2 Å². The van der Waals surface area contributed by atoms with Crippen molar-refractivity contribution in [3.63, 3.8) is 0 Å². The number of carbonyl (C=O) groups excluding carboxylic acids is 4. The first kappa shape index (κ1) is 31.8. The number of imidazole rings is 1. The molecule has 4 amide bonds. The minimum atomic E-state index is -1.33. The average molecular weight is 583 g/mol. The number of primary amides is 1. The van der Waals surface area contributed by atoms with E-state index in [4.69, 9.17) is 11.5 Å². The number of amides is 4. The van der Waals surface area contributed by atoms with E-state index in [0.717, 1.165) is 16.5 Å². The van der Waals surface area contributed by atoms with Crippen molar-refractivity contribution in [1.29, 1.82) is 0 Å². The molecule has 14 nitrogen and oxygen atoms in total. The highest BCUT2D eigenvalue weighted by atomic mass is 16.4. The lowest BCUT2D eigenvalue weighted by atomic mass is 9.96. The predicted molar refractivity (Wildman–Crippen MR) is 154 cm³/mol. The van der Waals surface area contributed by atoms with Crippen molar-refractivity contribution < 1.29 is 29.1 Å². The molecule has 10 N–H and O–H groups in total. The summed E-state index contributed by atoms with van der Waals surface area (Å²) in [6, 6.07) is 2.96. The quantitative estimate of drug-likeness (QED) is 0.113. The van der Waals surface area contributed by atoms with Gasteiger partial charge in [0.1, 0.15) is 18.1 Å². The zero-order valence-corrected chi connectivity index (χ0v) is 23.6. The summed E-state index contributed by atoms with van der Waals surface area (Å²) in [5.41, 5.74) is 13.7. The lowest BCUT2D eigenvalue weighted by Crippen LogP contribution is -2.59. The third kappa shape index (κ3) is 8.64. The molecule has 0 fully saturated rings. The summed E-state index contributed by atoms with van der Waals surface area (Å²) in [6.45, 7) is 3.60. The Labute approximate surface area is 242 Å². The van der Waals surface area contributed by atoms with E-state index in [0.29, 0.717) is 12.1 Å².